The molecular weight excluding hydrogens is 238 g/mol. The molecule has 0 saturated carbocycles. The van der Waals surface area contributed by atoms with Crippen LogP contribution in [-0.4, -0.2) is 24.0 Å². The van der Waals surface area contributed by atoms with Crippen LogP contribution in [0.25, 0.3) is 10.9 Å². The number of Topliss-reactive ketones (excluding diaryl/α,β-unsaturated/α-hetero) is 1. The SMILES string of the molecule is O=C1COCC(c2c[nH]c3ccc(Cl)cc23)C1. The summed E-state index contributed by atoms with van der Waals surface area (Å²) >= 11 is 6.00. The lowest BCUT2D eigenvalue weighted by molar-refractivity contribution is -0.127. The molecule has 3 rings (SSSR count). The van der Waals surface area contributed by atoms with Gasteiger partial charge in [0.05, 0.1) is 6.61 Å². The first kappa shape index (κ1) is 10.8. The zero-order chi connectivity index (χ0) is 11.8. The van der Waals surface area contributed by atoms with Gasteiger partial charge in [-0.15, -0.1) is 0 Å². The number of halogens is 1. The molecule has 1 aliphatic heterocycles. The predicted molar refractivity (Wildman–Crippen MR) is 66.5 cm³/mol. The molecule has 3 nitrogen and oxygen atoms in total. The minimum absolute atomic E-state index is 0.142. The lowest BCUT2D eigenvalue weighted by Gasteiger charge is -2.20. The van der Waals surface area contributed by atoms with Crippen LogP contribution in [0.5, 0.6) is 0 Å². The molecule has 1 aliphatic rings. The van der Waals surface area contributed by atoms with Crippen LogP contribution in [0.1, 0.15) is 17.9 Å². The van der Waals surface area contributed by atoms with Crippen LogP contribution in [0.15, 0.2) is 24.4 Å². The maximum absolute atomic E-state index is 11.4. The van der Waals surface area contributed by atoms with Crippen molar-refractivity contribution in [1.82, 2.24) is 4.98 Å². The molecule has 0 amide bonds. The molecular formula is C13H12ClNO2. The fraction of sp³-hybridized carbons (Fsp3) is 0.308. The molecule has 1 fully saturated rings. The van der Waals surface area contributed by atoms with Gasteiger partial charge in [0.2, 0.25) is 0 Å². The number of ketones is 1. The van der Waals surface area contributed by atoms with Gasteiger partial charge in [-0.05, 0) is 23.8 Å². The van der Waals surface area contributed by atoms with Gasteiger partial charge in [0.1, 0.15) is 6.61 Å². The number of aromatic amines is 1. The van der Waals surface area contributed by atoms with E-state index >= 15 is 0 Å². The topological polar surface area (TPSA) is 42.1 Å². The number of carbonyl (C=O) groups is 1. The highest BCUT2D eigenvalue weighted by atomic mass is 35.5. The van der Waals surface area contributed by atoms with E-state index in [0.717, 1.165) is 16.5 Å². The Bertz CT molecular complexity index is 576. The third kappa shape index (κ3) is 1.96. The highest BCUT2D eigenvalue weighted by Crippen LogP contribution is 2.31. The summed E-state index contributed by atoms with van der Waals surface area (Å²) in [4.78, 5) is 14.6. The molecule has 1 atom stereocenters. The smallest absolute Gasteiger partial charge is 0.159 e. The molecule has 0 spiro atoms. The molecule has 2 heterocycles. The number of benzene rings is 1. The monoisotopic (exact) mass is 249 g/mol. The van der Waals surface area contributed by atoms with Gasteiger partial charge in [0.25, 0.3) is 0 Å². The van der Waals surface area contributed by atoms with E-state index in [1.54, 1.807) is 0 Å². The van der Waals surface area contributed by atoms with Crippen molar-refractivity contribution in [3.05, 3.63) is 35.0 Å². The number of fused-ring (bicyclic) bond motifs is 1. The third-order valence-electron chi connectivity index (χ3n) is 3.17. The standard InChI is InChI=1S/C13H12ClNO2/c14-9-1-2-13-11(4-9)12(5-15-13)8-3-10(16)7-17-6-8/h1-2,4-5,8,15H,3,6-7H2. The highest BCUT2D eigenvalue weighted by Gasteiger charge is 2.23. The van der Waals surface area contributed by atoms with Crippen LogP contribution >= 0.6 is 11.6 Å². The quantitative estimate of drug-likeness (QED) is 0.844. The van der Waals surface area contributed by atoms with E-state index < -0.39 is 0 Å². The molecule has 1 aromatic carbocycles. The summed E-state index contributed by atoms with van der Waals surface area (Å²) in [6, 6.07) is 5.74. The van der Waals surface area contributed by atoms with Gasteiger partial charge in [-0.3, -0.25) is 4.79 Å². The zero-order valence-electron chi connectivity index (χ0n) is 9.20. The Morgan fingerprint density at radius 1 is 1.41 bits per heavy atom. The predicted octanol–water partition coefficient (Wildman–Crippen LogP) is 2.89. The number of hydrogen-bond donors (Lipinski definition) is 1. The summed E-state index contributed by atoms with van der Waals surface area (Å²) in [5.74, 6) is 0.307. The van der Waals surface area contributed by atoms with E-state index in [4.69, 9.17) is 16.3 Å². The van der Waals surface area contributed by atoms with Crippen LogP contribution in [0.4, 0.5) is 0 Å². The van der Waals surface area contributed by atoms with Crippen LogP contribution in [0.2, 0.25) is 5.02 Å². The van der Waals surface area contributed by atoms with Crippen molar-refractivity contribution in [3.8, 4) is 0 Å². The Hall–Kier alpha value is -1.32. The van der Waals surface area contributed by atoms with Gasteiger partial charge in [-0.25, -0.2) is 0 Å². The van der Waals surface area contributed by atoms with Crippen molar-refractivity contribution in [2.24, 2.45) is 0 Å². The van der Waals surface area contributed by atoms with Gasteiger partial charge in [0, 0.05) is 34.5 Å². The highest BCUT2D eigenvalue weighted by molar-refractivity contribution is 6.31. The lowest BCUT2D eigenvalue weighted by atomic mass is 9.93. The second kappa shape index (κ2) is 4.17. The molecule has 88 valence electrons. The summed E-state index contributed by atoms with van der Waals surface area (Å²) in [7, 11) is 0. The van der Waals surface area contributed by atoms with E-state index in [1.807, 2.05) is 24.4 Å². The number of H-pyrrole nitrogens is 1. The molecule has 17 heavy (non-hydrogen) atoms. The fourth-order valence-corrected chi connectivity index (χ4v) is 2.53. The molecule has 1 aromatic heterocycles. The maximum Gasteiger partial charge on any atom is 0.159 e. The first-order chi connectivity index (χ1) is 8.24. The molecule has 0 aliphatic carbocycles. The first-order valence-corrected chi connectivity index (χ1v) is 5.98. The van der Waals surface area contributed by atoms with Crippen molar-refractivity contribution in [2.75, 3.05) is 13.2 Å². The van der Waals surface area contributed by atoms with Crippen molar-refractivity contribution in [2.45, 2.75) is 12.3 Å². The lowest BCUT2D eigenvalue weighted by Crippen LogP contribution is -2.23. The Balaban J connectivity index is 2.04. The first-order valence-electron chi connectivity index (χ1n) is 5.60. The second-order valence-electron chi connectivity index (χ2n) is 4.39. The Morgan fingerprint density at radius 3 is 3.12 bits per heavy atom. The van der Waals surface area contributed by atoms with Crippen molar-refractivity contribution >= 4 is 28.3 Å². The van der Waals surface area contributed by atoms with Gasteiger partial charge < -0.3 is 9.72 Å². The van der Waals surface area contributed by atoms with E-state index in [1.165, 1.54) is 0 Å². The van der Waals surface area contributed by atoms with Gasteiger partial charge in [-0.1, -0.05) is 11.6 Å². The molecule has 0 radical (unpaired) electrons. The third-order valence-corrected chi connectivity index (χ3v) is 3.41. The Kier molecular flexibility index (Phi) is 2.65. The normalized spacial score (nSPS) is 21.0. The van der Waals surface area contributed by atoms with Crippen LogP contribution in [0.3, 0.4) is 0 Å². The Morgan fingerprint density at radius 2 is 2.29 bits per heavy atom. The molecule has 1 N–H and O–H groups in total. The number of nitrogens with one attached hydrogen (secondary N) is 1. The summed E-state index contributed by atoms with van der Waals surface area (Å²) in [6.07, 6.45) is 2.51. The number of aromatic nitrogens is 1. The average molecular weight is 250 g/mol. The number of hydrogen-bond acceptors (Lipinski definition) is 2. The molecule has 1 unspecified atom stereocenters. The molecule has 1 saturated heterocycles. The minimum atomic E-state index is 0.142. The van der Waals surface area contributed by atoms with Crippen molar-refractivity contribution in [1.29, 1.82) is 0 Å². The zero-order valence-corrected chi connectivity index (χ0v) is 9.96. The van der Waals surface area contributed by atoms with Crippen molar-refractivity contribution in [3.63, 3.8) is 0 Å². The largest absolute Gasteiger partial charge is 0.373 e. The number of ether oxygens (including phenoxy) is 1. The average Bonchev–Trinajstić information content (AvgIpc) is 2.71. The number of rotatable bonds is 1. The molecule has 4 heteroatoms. The summed E-state index contributed by atoms with van der Waals surface area (Å²) in [5, 5.41) is 1.79. The minimum Gasteiger partial charge on any atom is -0.373 e. The van der Waals surface area contributed by atoms with E-state index in [2.05, 4.69) is 4.98 Å². The second-order valence-corrected chi connectivity index (χ2v) is 4.83. The van der Waals surface area contributed by atoms with Gasteiger partial charge in [-0.2, -0.15) is 0 Å². The summed E-state index contributed by atoms with van der Waals surface area (Å²) in [6.45, 7) is 0.852. The molecule has 0 bridgehead atoms. The maximum atomic E-state index is 11.4. The van der Waals surface area contributed by atoms with E-state index in [0.29, 0.717) is 18.1 Å². The van der Waals surface area contributed by atoms with Crippen molar-refractivity contribution < 1.29 is 9.53 Å². The van der Waals surface area contributed by atoms with Crippen LogP contribution < -0.4 is 0 Å². The summed E-state index contributed by atoms with van der Waals surface area (Å²) < 4.78 is 5.30. The van der Waals surface area contributed by atoms with E-state index in [9.17, 15) is 4.79 Å². The summed E-state index contributed by atoms with van der Waals surface area (Å²) in [5.41, 5.74) is 2.16. The van der Waals surface area contributed by atoms with Crippen LogP contribution in [-0.2, 0) is 9.53 Å². The number of carbonyl (C=O) groups excluding carboxylic acids is 1. The van der Waals surface area contributed by atoms with Gasteiger partial charge >= 0.3 is 0 Å². The van der Waals surface area contributed by atoms with Gasteiger partial charge in [0.15, 0.2) is 5.78 Å². The Labute approximate surface area is 104 Å². The fourth-order valence-electron chi connectivity index (χ4n) is 2.36. The molecule has 2 aromatic rings. The van der Waals surface area contributed by atoms with Crippen LogP contribution in [0, 0.1) is 0 Å². The van der Waals surface area contributed by atoms with E-state index in [-0.39, 0.29) is 18.3 Å².